The third-order valence-corrected chi connectivity index (χ3v) is 1.24. The van der Waals surface area contributed by atoms with Gasteiger partial charge in [-0.05, 0) is 13.8 Å². The third kappa shape index (κ3) is 4.54. The fourth-order valence-corrected chi connectivity index (χ4v) is 0.668. The zero-order valence-electron chi connectivity index (χ0n) is 7.72. The number of nitrogens with one attached hydrogen (secondary N) is 2. The van der Waals surface area contributed by atoms with Gasteiger partial charge in [-0.1, -0.05) is 0 Å². The number of nitrogens with two attached hydrogens (primary N) is 1. The molecule has 12 heavy (non-hydrogen) atoms. The predicted molar refractivity (Wildman–Crippen MR) is 47.8 cm³/mol. The second-order valence-corrected chi connectivity index (χ2v) is 2.96. The van der Waals surface area contributed by atoms with E-state index in [9.17, 15) is 4.79 Å². The van der Waals surface area contributed by atoms with Gasteiger partial charge in [-0.2, -0.15) is 0 Å². The Hall–Kier alpha value is -1.26. The number of hydrogen-bond acceptors (Lipinski definition) is 2. The van der Waals surface area contributed by atoms with Crippen molar-refractivity contribution in [3.63, 3.8) is 0 Å². The summed E-state index contributed by atoms with van der Waals surface area (Å²) < 4.78 is 0. The van der Waals surface area contributed by atoms with Crippen molar-refractivity contribution in [3.05, 3.63) is 0 Å². The molecule has 4 N–H and O–H groups in total. The lowest BCUT2D eigenvalue weighted by atomic mass is 10.4. The Balaban J connectivity index is 3.77. The molecular formula is C7H16N4O. The molecule has 0 aliphatic rings. The first-order valence-electron chi connectivity index (χ1n) is 3.78. The standard InChI is InChI=1S/C7H16N4O/c1-5(2)10-6(12)4-11(3)7(8)9/h5H,4H2,1-3H3,(H3,8,9)(H,10,12). The number of likely N-dealkylation sites (N-methyl/N-ethyl adjacent to an activating group) is 1. The summed E-state index contributed by atoms with van der Waals surface area (Å²) in [5, 5.41) is 9.70. The van der Waals surface area contributed by atoms with Gasteiger partial charge in [-0.3, -0.25) is 10.2 Å². The Labute approximate surface area is 72.4 Å². The van der Waals surface area contributed by atoms with E-state index < -0.39 is 0 Å². The molecule has 1 amide bonds. The van der Waals surface area contributed by atoms with Crippen LogP contribution >= 0.6 is 0 Å². The lowest BCUT2D eigenvalue weighted by Gasteiger charge is -2.16. The van der Waals surface area contributed by atoms with Crippen LogP contribution in [-0.4, -0.2) is 36.4 Å². The zero-order chi connectivity index (χ0) is 9.72. The molecule has 0 spiro atoms. The van der Waals surface area contributed by atoms with Gasteiger partial charge in [0.1, 0.15) is 0 Å². The average molecular weight is 172 g/mol. The lowest BCUT2D eigenvalue weighted by molar-refractivity contribution is -0.121. The van der Waals surface area contributed by atoms with E-state index in [0.717, 1.165) is 0 Å². The number of carbonyl (C=O) groups is 1. The van der Waals surface area contributed by atoms with Crippen LogP contribution in [0.3, 0.4) is 0 Å². The molecule has 5 nitrogen and oxygen atoms in total. The second-order valence-electron chi connectivity index (χ2n) is 2.96. The maximum absolute atomic E-state index is 11.1. The quantitative estimate of drug-likeness (QED) is 0.390. The molecule has 0 unspecified atom stereocenters. The third-order valence-electron chi connectivity index (χ3n) is 1.24. The SMILES string of the molecule is CC(C)NC(=O)CN(C)C(=N)N. The van der Waals surface area contributed by atoms with Crippen LogP contribution in [0.4, 0.5) is 0 Å². The summed E-state index contributed by atoms with van der Waals surface area (Å²) in [6, 6.07) is 0.123. The lowest BCUT2D eigenvalue weighted by Crippen LogP contribution is -2.43. The molecule has 0 fully saturated rings. The number of amides is 1. The molecule has 0 bridgehead atoms. The highest BCUT2D eigenvalue weighted by Gasteiger charge is 2.07. The van der Waals surface area contributed by atoms with Crippen LogP contribution in [0.25, 0.3) is 0 Å². The van der Waals surface area contributed by atoms with Gasteiger partial charge in [-0.25, -0.2) is 0 Å². The van der Waals surface area contributed by atoms with Gasteiger partial charge in [-0.15, -0.1) is 0 Å². The number of carbonyl (C=O) groups excluding carboxylic acids is 1. The Morgan fingerprint density at radius 3 is 2.50 bits per heavy atom. The Morgan fingerprint density at radius 1 is 1.67 bits per heavy atom. The molecule has 0 heterocycles. The molecule has 70 valence electrons. The second kappa shape index (κ2) is 4.58. The summed E-state index contributed by atoms with van der Waals surface area (Å²) in [5.74, 6) is -0.225. The molecule has 5 heteroatoms. The molecule has 0 aliphatic carbocycles. The van der Waals surface area contributed by atoms with E-state index in [2.05, 4.69) is 5.32 Å². The van der Waals surface area contributed by atoms with Gasteiger partial charge in [0.05, 0.1) is 6.54 Å². The number of rotatable bonds is 3. The normalized spacial score (nSPS) is 9.67. The number of guanidine groups is 1. The van der Waals surface area contributed by atoms with Crippen molar-refractivity contribution in [1.82, 2.24) is 10.2 Å². The highest BCUT2D eigenvalue weighted by molar-refractivity contribution is 5.84. The maximum atomic E-state index is 11.1. The van der Waals surface area contributed by atoms with E-state index in [1.54, 1.807) is 7.05 Å². The summed E-state index contributed by atoms with van der Waals surface area (Å²) in [5.41, 5.74) is 5.14. The maximum Gasteiger partial charge on any atom is 0.239 e. The van der Waals surface area contributed by atoms with Crippen molar-refractivity contribution < 1.29 is 4.79 Å². The van der Waals surface area contributed by atoms with Gasteiger partial charge in [0.15, 0.2) is 5.96 Å². The zero-order valence-corrected chi connectivity index (χ0v) is 7.72. The van der Waals surface area contributed by atoms with Gasteiger partial charge >= 0.3 is 0 Å². The van der Waals surface area contributed by atoms with Crippen molar-refractivity contribution >= 4 is 11.9 Å². The van der Waals surface area contributed by atoms with Crippen LogP contribution in [0.15, 0.2) is 0 Å². The van der Waals surface area contributed by atoms with Gasteiger partial charge < -0.3 is 16.0 Å². The summed E-state index contributed by atoms with van der Waals surface area (Å²) in [6.45, 7) is 3.89. The minimum Gasteiger partial charge on any atom is -0.370 e. The largest absolute Gasteiger partial charge is 0.370 e. The molecule has 0 aromatic carbocycles. The molecule has 0 aromatic rings. The van der Waals surface area contributed by atoms with Crippen molar-refractivity contribution in [2.24, 2.45) is 5.73 Å². The first-order valence-corrected chi connectivity index (χ1v) is 3.78. The molecule has 0 saturated carbocycles. The summed E-state index contributed by atoms with van der Waals surface area (Å²) >= 11 is 0. The minimum atomic E-state index is -0.122. The highest BCUT2D eigenvalue weighted by Crippen LogP contribution is 1.82. The van der Waals surface area contributed by atoms with Crippen LogP contribution in [0.5, 0.6) is 0 Å². The molecule has 0 aliphatic heterocycles. The van der Waals surface area contributed by atoms with E-state index in [0.29, 0.717) is 0 Å². The van der Waals surface area contributed by atoms with Crippen LogP contribution in [0.1, 0.15) is 13.8 Å². The van der Waals surface area contributed by atoms with Gasteiger partial charge in [0.2, 0.25) is 5.91 Å². The Kier molecular flexibility index (Phi) is 4.10. The van der Waals surface area contributed by atoms with Crippen molar-refractivity contribution in [2.75, 3.05) is 13.6 Å². The van der Waals surface area contributed by atoms with E-state index in [1.807, 2.05) is 13.8 Å². The van der Waals surface area contributed by atoms with Crippen molar-refractivity contribution in [2.45, 2.75) is 19.9 Å². The topological polar surface area (TPSA) is 82.2 Å². The van der Waals surface area contributed by atoms with Crippen molar-refractivity contribution in [1.29, 1.82) is 5.41 Å². The van der Waals surface area contributed by atoms with Gasteiger partial charge in [0, 0.05) is 13.1 Å². The Morgan fingerprint density at radius 2 is 2.17 bits per heavy atom. The fraction of sp³-hybridized carbons (Fsp3) is 0.714. The molecular weight excluding hydrogens is 156 g/mol. The van der Waals surface area contributed by atoms with Gasteiger partial charge in [0.25, 0.3) is 0 Å². The molecule has 0 rings (SSSR count). The van der Waals surface area contributed by atoms with E-state index >= 15 is 0 Å². The first kappa shape index (κ1) is 10.7. The summed E-state index contributed by atoms with van der Waals surface area (Å²) in [6.07, 6.45) is 0. The minimum absolute atomic E-state index is 0.103. The van der Waals surface area contributed by atoms with Crippen LogP contribution < -0.4 is 11.1 Å². The van der Waals surface area contributed by atoms with Crippen LogP contribution in [0.2, 0.25) is 0 Å². The molecule has 0 atom stereocenters. The number of nitrogens with zero attached hydrogens (tertiary/aromatic N) is 1. The average Bonchev–Trinajstić information content (AvgIpc) is 1.84. The Bertz CT molecular complexity index is 178. The molecule has 0 radical (unpaired) electrons. The summed E-state index contributed by atoms with van der Waals surface area (Å²) in [4.78, 5) is 12.4. The fourth-order valence-electron chi connectivity index (χ4n) is 0.668. The smallest absolute Gasteiger partial charge is 0.239 e. The van der Waals surface area contributed by atoms with Crippen molar-refractivity contribution in [3.8, 4) is 0 Å². The van der Waals surface area contributed by atoms with E-state index in [1.165, 1.54) is 4.90 Å². The van der Waals surface area contributed by atoms with Crippen LogP contribution in [0, 0.1) is 5.41 Å². The molecule has 0 aromatic heterocycles. The van der Waals surface area contributed by atoms with Crippen LogP contribution in [-0.2, 0) is 4.79 Å². The summed E-state index contributed by atoms with van der Waals surface area (Å²) in [7, 11) is 1.60. The highest BCUT2D eigenvalue weighted by atomic mass is 16.2. The van der Waals surface area contributed by atoms with E-state index in [4.69, 9.17) is 11.1 Å². The van der Waals surface area contributed by atoms with E-state index in [-0.39, 0.29) is 24.5 Å². The first-order chi connectivity index (χ1) is 5.43. The molecule has 0 saturated heterocycles. The number of hydrogen-bond donors (Lipinski definition) is 3. The predicted octanol–water partition coefficient (Wildman–Crippen LogP) is -0.664. The monoisotopic (exact) mass is 172 g/mol.